The number of hydrogen-bond donors (Lipinski definition) is 0. The number of ether oxygens (including phenoxy) is 2. The van der Waals surface area contributed by atoms with Gasteiger partial charge in [-0.15, -0.1) is 0 Å². The van der Waals surface area contributed by atoms with E-state index in [1.54, 1.807) is 18.3 Å². The minimum absolute atomic E-state index is 0.408. The Labute approximate surface area is 92.8 Å². The number of rotatable bonds is 2. The van der Waals surface area contributed by atoms with Crippen molar-refractivity contribution in [3.05, 3.63) is 36.0 Å². The average molecular weight is 217 g/mol. The van der Waals surface area contributed by atoms with Gasteiger partial charge in [0.15, 0.2) is 0 Å². The Kier molecular flexibility index (Phi) is 2.72. The molecular formula is C12H11NO3. The van der Waals surface area contributed by atoms with Gasteiger partial charge in [-0.1, -0.05) is 6.07 Å². The molecule has 1 aromatic heterocycles. The number of esters is 1. The Balaban J connectivity index is 2.67. The number of carbonyl (C=O) groups is 1. The van der Waals surface area contributed by atoms with Crippen LogP contribution < -0.4 is 4.74 Å². The van der Waals surface area contributed by atoms with Gasteiger partial charge in [0.05, 0.1) is 19.7 Å². The van der Waals surface area contributed by atoms with Crippen LogP contribution in [0.25, 0.3) is 10.9 Å². The molecule has 0 bridgehead atoms. The zero-order chi connectivity index (χ0) is 11.5. The first kappa shape index (κ1) is 10.4. The predicted octanol–water partition coefficient (Wildman–Crippen LogP) is 2.03. The normalized spacial score (nSPS) is 10.1. The number of carbonyl (C=O) groups excluding carboxylic acids is 1. The summed E-state index contributed by atoms with van der Waals surface area (Å²) in [6.45, 7) is 0. The number of fused-ring (bicyclic) bond motifs is 1. The van der Waals surface area contributed by atoms with Crippen molar-refractivity contribution in [3.8, 4) is 5.75 Å². The van der Waals surface area contributed by atoms with Gasteiger partial charge in [0.25, 0.3) is 0 Å². The summed E-state index contributed by atoms with van der Waals surface area (Å²) in [5, 5.41) is 0.878. The van der Waals surface area contributed by atoms with Crippen molar-refractivity contribution >= 4 is 16.9 Å². The molecular weight excluding hydrogens is 206 g/mol. The van der Waals surface area contributed by atoms with Gasteiger partial charge in [0.2, 0.25) is 0 Å². The van der Waals surface area contributed by atoms with Crippen molar-refractivity contribution < 1.29 is 14.3 Å². The van der Waals surface area contributed by atoms with E-state index in [-0.39, 0.29) is 0 Å². The summed E-state index contributed by atoms with van der Waals surface area (Å²) in [7, 11) is 2.85. The van der Waals surface area contributed by atoms with E-state index in [1.807, 2.05) is 12.1 Å². The molecule has 2 rings (SSSR count). The van der Waals surface area contributed by atoms with Crippen LogP contribution in [-0.2, 0) is 4.74 Å². The average Bonchev–Trinajstić information content (AvgIpc) is 2.36. The fourth-order valence-corrected chi connectivity index (χ4v) is 1.54. The van der Waals surface area contributed by atoms with Gasteiger partial charge < -0.3 is 9.47 Å². The first-order valence-corrected chi connectivity index (χ1v) is 4.77. The van der Waals surface area contributed by atoms with Crippen molar-refractivity contribution in [3.63, 3.8) is 0 Å². The van der Waals surface area contributed by atoms with E-state index in [2.05, 4.69) is 9.72 Å². The van der Waals surface area contributed by atoms with Crippen LogP contribution in [0.15, 0.2) is 30.5 Å². The van der Waals surface area contributed by atoms with Crippen molar-refractivity contribution in [1.82, 2.24) is 4.98 Å². The number of benzene rings is 1. The molecule has 2 aromatic rings. The topological polar surface area (TPSA) is 48.4 Å². The zero-order valence-electron chi connectivity index (χ0n) is 9.06. The largest absolute Gasteiger partial charge is 0.496 e. The molecule has 0 saturated heterocycles. The van der Waals surface area contributed by atoms with Crippen LogP contribution in [0.4, 0.5) is 0 Å². The Bertz CT molecular complexity index is 537. The van der Waals surface area contributed by atoms with E-state index in [0.717, 1.165) is 10.9 Å². The summed E-state index contributed by atoms with van der Waals surface area (Å²) >= 11 is 0. The van der Waals surface area contributed by atoms with Gasteiger partial charge in [-0.25, -0.2) is 4.79 Å². The second-order valence-corrected chi connectivity index (χ2v) is 3.24. The first-order valence-electron chi connectivity index (χ1n) is 4.77. The van der Waals surface area contributed by atoms with Crippen LogP contribution in [0.2, 0.25) is 0 Å². The molecule has 4 heteroatoms. The first-order chi connectivity index (χ1) is 7.76. The third-order valence-electron chi connectivity index (χ3n) is 2.33. The molecule has 0 saturated carbocycles. The number of pyridine rings is 1. The molecule has 1 aromatic carbocycles. The summed E-state index contributed by atoms with van der Waals surface area (Å²) < 4.78 is 9.82. The summed E-state index contributed by atoms with van der Waals surface area (Å²) in [4.78, 5) is 15.7. The molecule has 82 valence electrons. The Morgan fingerprint density at radius 2 is 2.12 bits per heavy atom. The van der Waals surface area contributed by atoms with Crippen molar-refractivity contribution in [2.45, 2.75) is 0 Å². The van der Waals surface area contributed by atoms with Crippen LogP contribution in [0.3, 0.4) is 0 Å². The van der Waals surface area contributed by atoms with Crippen LogP contribution >= 0.6 is 0 Å². The standard InChI is InChI=1S/C12H11NO3/c1-15-11-7-10-8(4-3-5-13-10)6-9(11)12(14)16-2/h3-7H,1-2H3. The second-order valence-electron chi connectivity index (χ2n) is 3.24. The van der Waals surface area contributed by atoms with Gasteiger partial charge in [0, 0.05) is 17.6 Å². The molecule has 0 atom stereocenters. The lowest BCUT2D eigenvalue weighted by atomic mass is 10.1. The molecule has 0 radical (unpaired) electrons. The highest BCUT2D eigenvalue weighted by molar-refractivity contribution is 5.97. The molecule has 0 fully saturated rings. The van der Waals surface area contributed by atoms with Gasteiger partial charge in [0.1, 0.15) is 11.3 Å². The van der Waals surface area contributed by atoms with Gasteiger partial charge in [-0.2, -0.15) is 0 Å². The summed E-state index contributed by atoms with van der Waals surface area (Å²) in [6, 6.07) is 7.14. The highest BCUT2D eigenvalue weighted by Gasteiger charge is 2.13. The molecule has 4 nitrogen and oxygen atoms in total. The molecule has 16 heavy (non-hydrogen) atoms. The zero-order valence-corrected chi connectivity index (χ0v) is 9.06. The number of nitrogens with zero attached hydrogens (tertiary/aromatic N) is 1. The Hall–Kier alpha value is -2.10. The van der Waals surface area contributed by atoms with E-state index in [9.17, 15) is 4.79 Å². The molecule has 0 spiro atoms. The summed E-state index contributed by atoms with van der Waals surface area (Å²) in [5.74, 6) is 0.0562. The maximum atomic E-state index is 11.5. The number of hydrogen-bond acceptors (Lipinski definition) is 4. The number of methoxy groups -OCH3 is 2. The Morgan fingerprint density at radius 1 is 1.31 bits per heavy atom. The van der Waals surface area contributed by atoms with Crippen molar-refractivity contribution in [1.29, 1.82) is 0 Å². The van der Waals surface area contributed by atoms with Crippen LogP contribution in [0, 0.1) is 0 Å². The lowest BCUT2D eigenvalue weighted by Gasteiger charge is -2.07. The lowest BCUT2D eigenvalue weighted by molar-refractivity contribution is 0.0597. The minimum Gasteiger partial charge on any atom is -0.496 e. The van der Waals surface area contributed by atoms with E-state index in [0.29, 0.717) is 11.3 Å². The molecule has 1 heterocycles. The monoisotopic (exact) mass is 217 g/mol. The maximum absolute atomic E-state index is 11.5. The van der Waals surface area contributed by atoms with Crippen LogP contribution in [-0.4, -0.2) is 25.2 Å². The molecule has 0 unspecified atom stereocenters. The second kappa shape index (κ2) is 4.18. The van der Waals surface area contributed by atoms with Crippen molar-refractivity contribution in [2.24, 2.45) is 0 Å². The fourth-order valence-electron chi connectivity index (χ4n) is 1.54. The molecule has 0 aliphatic heterocycles. The third kappa shape index (κ3) is 1.69. The quantitative estimate of drug-likeness (QED) is 0.722. The summed E-state index contributed by atoms with van der Waals surface area (Å²) in [6.07, 6.45) is 1.69. The van der Waals surface area contributed by atoms with Crippen molar-refractivity contribution in [2.75, 3.05) is 14.2 Å². The fraction of sp³-hybridized carbons (Fsp3) is 0.167. The third-order valence-corrected chi connectivity index (χ3v) is 2.33. The lowest BCUT2D eigenvalue weighted by Crippen LogP contribution is -2.04. The minimum atomic E-state index is -0.414. The molecule has 0 N–H and O–H groups in total. The predicted molar refractivity (Wildman–Crippen MR) is 59.6 cm³/mol. The highest BCUT2D eigenvalue weighted by atomic mass is 16.5. The highest BCUT2D eigenvalue weighted by Crippen LogP contribution is 2.25. The van der Waals surface area contributed by atoms with E-state index in [1.165, 1.54) is 14.2 Å². The van der Waals surface area contributed by atoms with E-state index < -0.39 is 5.97 Å². The summed E-state index contributed by atoms with van der Waals surface area (Å²) in [5.41, 5.74) is 1.19. The molecule has 0 amide bonds. The van der Waals surface area contributed by atoms with Gasteiger partial charge in [-0.3, -0.25) is 4.98 Å². The smallest absolute Gasteiger partial charge is 0.341 e. The number of aromatic nitrogens is 1. The maximum Gasteiger partial charge on any atom is 0.341 e. The van der Waals surface area contributed by atoms with Gasteiger partial charge >= 0.3 is 5.97 Å². The Morgan fingerprint density at radius 3 is 2.81 bits per heavy atom. The van der Waals surface area contributed by atoms with Gasteiger partial charge in [-0.05, 0) is 12.1 Å². The van der Waals surface area contributed by atoms with Crippen LogP contribution in [0.5, 0.6) is 5.75 Å². The van der Waals surface area contributed by atoms with Crippen LogP contribution in [0.1, 0.15) is 10.4 Å². The molecule has 0 aliphatic rings. The molecule has 0 aliphatic carbocycles. The SMILES string of the molecule is COC(=O)c1cc2cccnc2cc1OC. The van der Waals surface area contributed by atoms with E-state index >= 15 is 0 Å². The van der Waals surface area contributed by atoms with E-state index in [4.69, 9.17) is 4.74 Å².